The summed E-state index contributed by atoms with van der Waals surface area (Å²) in [7, 11) is -3.75. The Morgan fingerprint density at radius 1 is 1.35 bits per heavy atom. The Hall–Kier alpha value is -1.11. The summed E-state index contributed by atoms with van der Waals surface area (Å²) in [4.78, 5) is 4.38. The predicted molar refractivity (Wildman–Crippen MR) is 88.6 cm³/mol. The van der Waals surface area contributed by atoms with Crippen LogP contribution in [0.3, 0.4) is 0 Å². The maximum Gasteiger partial charge on any atom is 0.200 e. The summed E-state index contributed by atoms with van der Waals surface area (Å²) in [5.74, 6) is 0.463. The van der Waals surface area contributed by atoms with Gasteiger partial charge < -0.3 is 9.52 Å². The smallest absolute Gasteiger partial charge is 0.200 e. The fourth-order valence-corrected chi connectivity index (χ4v) is 5.40. The van der Waals surface area contributed by atoms with Crippen molar-refractivity contribution in [3.05, 3.63) is 23.0 Å². The van der Waals surface area contributed by atoms with Crippen LogP contribution in [0.4, 0.5) is 0 Å². The Kier molecular flexibility index (Phi) is 3.60. The lowest BCUT2D eigenvalue weighted by molar-refractivity contribution is 0.0638. The molecule has 126 valence electrons. The molecule has 0 radical (unpaired) electrons. The molecule has 0 bridgehead atoms. The summed E-state index contributed by atoms with van der Waals surface area (Å²) < 4.78 is 30.9. The van der Waals surface area contributed by atoms with Gasteiger partial charge in [-0.2, -0.15) is 0 Å². The Labute approximate surface area is 140 Å². The number of oxazole rings is 1. The molecule has 1 N–H and O–H groups in total. The molecular formula is C16H20ClNO4S. The van der Waals surface area contributed by atoms with Gasteiger partial charge in [0.25, 0.3) is 0 Å². The highest BCUT2D eigenvalue weighted by atomic mass is 35.5. The summed E-state index contributed by atoms with van der Waals surface area (Å²) in [5, 5.41) is 9.68. The summed E-state index contributed by atoms with van der Waals surface area (Å²) in [5.41, 5.74) is 0.328. The van der Waals surface area contributed by atoms with Gasteiger partial charge in [0.15, 0.2) is 15.4 Å². The van der Waals surface area contributed by atoms with Crippen molar-refractivity contribution in [3.63, 3.8) is 0 Å². The fourth-order valence-electron chi connectivity index (χ4n) is 2.92. The van der Waals surface area contributed by atoms with Gasteiger partial charge in [0.05, 0.1) is 15.9 Å². The predicted octanol–water partition coefficient (Wildman–Crippen LogP) is 3.47. The lowest BCUT2D eigenvalue weighted by Crippen LogP contribution is -2.50. The molecule has 7 heteroatoms. The molecule has 5 nitrogen and oxygen atoms in total. The maximum absolute atomic E-state index is 13.1. The number of fused-ring (bicyclic) bond motifs is 1. The van der Waals surface area contributed by atoms with Gasteiger partial charge in [-0.3, -0.25) is 0 Å². The lowest BCUT2D eigenvalue weighted by Gasteiger charge is -2.41. The van der Waals surface area contributed by atoms with E-state index in [4.69, 9.17) is 16.0 Å². The molecule has 0 aliphatic heterocycles. The number of aromatic nitrogens is 1. The molecule has 23 heavy (non-hydrogen) atoms. The normalized spacial score (nSPS) is 25.6. The van der Waals surface area contributed by atoms with E-state index in [1.165, 1.54) is 6.07 Å². The van der Waals surface area contributed by atoms with Gasteiger partial charge in [0, 0.05) is 5.41 Å². The van der Waals surface area contributed by atoms with E-state index < -0.39 is 20.7 Å². The second-order valence-electron chi connectivity index (χ2n) is 7.51. The van der Waals surface area contributed by atoms with Crippen LogP contribution >= 0.6 is 11.6 Å². The van der Waals surface area contributed by atoms with E-state index in [9.17, 15) is 13.5 Å². The first kappa shape index (κ1) is 16.7. The molecule has 1 aromatic heterocycles. The second-order valence-corrected chi connectivity index (χ2v) is 10.3. The minimum absolute atomic E-state index is 0.0194. The van der Waals surface area contributed by atoms with E-state index in [-0.39, 0.29) is 33.8 Å². The van der Waals surface area contributed by atoms with Crippen molar-refractivity contribution in [2.24, 2.45) is 0 Å². The minimum atomic E-state index is -3.75. The van der Waals surface area contributed by atoms with Crippen LogP contribution < -0.4 is 0 Å². The number of aliphatic hydroxyl groups excluding tert-OH is 1. The number of aliphatic hydroxyl groups is 1. The molecule has 1 saturated carbocycles. The first-order valence-corrected chi connectivity index (χ1v) is 9.34. The van der Waals surface area contributed by atoms with Crippen molar-refractivity contribution in [2.45, 2.75) is 61.7 Å². The highest BCUT2D eigenvalue weighted by Gasteiger charge is 2.52. The number of nitrogens with zero attached hydrogens (tertiary/aromatic N) is 1. The summed E-state index contributed by atoms with van der Waals surface area (Å²) in [6.07, 6.45) is -0.197. The third kappa shape index (κ3) is 2.47. The lowest BCUT2D eigenvalue weighted by atomic mass is 9.83. The third-order valence-corrected chi connectivity index (χ3v) is 7.36. The van der Waals surface area contributed by atoms with Crippen LogP contribution in [0.15, 0.2) is 21.4 Å². The highest BCUT2D eigenvalue weighted by Crippen LogP contribution is 2.46. The molecule has 1 heterocycles. The Morgan fingerprint density at radius 3 is 2.48 bits per heavy atom. The monoisotopic (exact) mass is 357 g/mol. The van der Waals surface area contributed by atoms with E-state index >= 15 is 0 Å². The van der Waals surface area contributed by atoms with Gasteiger partial charge in [-0.15, -0.1) is 0 Å². The van der Waals surface area contributed by atoms with Gasteiger partial charge >= 0.3 is 0 Å². The number of sulfone groups is 1. The molecule has 0 unspecified atom stereocenters. The molecule has 0 saturated heterocycles. The number of halogens is 1. The van der Waals surface area contributed by atoms with Crippen molar-refractivity contribution in [1.29, 1.82) is 0 Å². The molecule has 0 amide bonds. The fraction of sp³-hybridized carbons (Fsp3) is 0.562. The first-order chi connectivity index (χ1) is 10.5. The third-order valence-electron chi connectivity index (χ3n) is 4.36. The van der Waals surface area contributed by atoms with E-state index in [0.717, 1.165) is 0 Å². The van der Waals surface area contributed by atoms with Crippen LogP contribution in [0.25, 0.3) is 11.1 Å². The Balaban J connectivity index is 2.25. The van der Waals surface area contributed by atoms with Crippen molar-refractivity contribution < 1.29 is 17.9 Å². The minimum Gasteiger partial charge on any atom is -0.439 e. The van der Waals surface area contributed by atoms with Gasteiger partial charge in [-0.1, -0.05) is 32.4 Å². The average Bonchev–Trinajstić information content (AvgIpc) is 2.79. The van der Waals surface area contributed by atoms with Crippen LogP contribution in [-0.2, 0) is 15.3 Å². The number of rotatable bonds is 2. The van der Waals surface area contributed by atoms with Crippen molar-refractivity contribution in [1.82, 2.24) is 4.98 Å². The van der Waals surface area contributed by atoms with Crippen molar-refractivity contribution >= 4 is 32.5 Å². The molecule has 3 rings (SSSR count). The zero-order valence-electron chi connectivity index (χ0n) is 13.6. The molecule has 1 aromatic carbocycles. The van der Waals surface area contributed by atoms with Gasteiger partial charge in [0.1, 0.15) is 10.4 Å². The van der Waals surface area contributed by atoms with Crippen LogP contribution in [0.5, 0.6) is 0 Å². The molecule has 2 aromatic rings. The quantitative estimate of drug-likeness (QED) is 0.890. The van der Waals surface area contributed by atoms with Crippen LogP contribution in [0.2, 0.25) is 5.02 Å². The summed E-state index contributed by atoms with van der Waals surface area (Å²) in [6, 6.07) is 3.19. The number of hydrogen-bond acceptors (Lipinski definition) is 5. The van der Waals surface area contributed by atoms with E-state index in [1.807, 2.05) is 20.8 Å². The van der Waals surface area contributed by atoms with Crippen LogP contribution in [0.1, 0.15) is 46.4 Å². The number of benzene rings is 1. The Bertz CT molecular complexity index is 873. The zero-order chi connectivity index (χ0) is 17.2. The number of hydrogen-bond donors (Lipinski definition) is 1. The summed E-state index contributed by atoms with van der Waals surface area (Å²) in [6.45, 7) is 7.45. The van der Waals surface area contributed by atoms with E-state index in [1.54, 1.807) is 13.0 Å². The standard InChI is InChI=1S/C16H20ClNO4S/c1-15(2,3)14-18-11-6-5-10(17)13(12(11)22-14)23(20,21)16(4)7-9(19)8-16/h5-6,9,19H,7-8H2,1-4H3. The molecule has 1 aliphatic rings. The molecule has 1 fully saturated rings. The zero-order valence-corrected chi connectivity index (χ0v) is 15.1. The average molecular weight is 358 g/mol. The highest BCUT2D eigenvalue weighted by molar-refractivity contribution is 7.93. The van der Waals surface area contributed by atoms with Gasteiger partial charge in [-0.25, -0.2) is 13.4 Å². The van der Waals surface area contributed by atoms with E-state index in [2.05, 4.69) is 4.98 Å². The maximum atomic E-state index is 13.1. The Morgan fingerprint density at radius 2 is 1.96 bits per heavy atom. The molecular weight excluding hydrogens is 338 g/mol. The van der Waals surface area contributed by atoms with Gasteiger partial charge in [-0.05, 0) is 31.9 Å². The van der Waals surface area contributed by atoms with Crippen LogP contribution in [0, 0.1) is 0 Å². The van der Waals surface area contributed by atoms with Crippen LogP contribution in [-0.4, -0.2) is 29.4 Å². The second kappa shape index (κ2) is 4.94. The topological polar surface area (TPSA) is 80.4 Å². The molecule has 0 atom stereocenters. The van der Waals surface area contributed by atoms with E-state index in [0.29, 0.717) is 11.4 Å². The van der Waals surface area contributed by atoms with Crippen molar-refractivity contribution in [3.8, 4) is 0 Å². The molecule has 1 aliphatic carbocycles. The molecule has 0 spiro atoms. The summed E-state index contributed by atoms with van der Waals surface area (Å²) >= 11 is 6.21. The van der Waals surface area contributed by atoms with Crippen molar-refractivity contribution in [2.75, 3.05) is 0 Å². The SMILES string of the molecule is CC(C)(C)c1nc2ccc(Cl)c(S(=O)(=O)C3(C)CC(O)C3)c2o1. The van der Waals surface area contributed by atoms with Gasteiger partial charge in [0.2, 0.25) is 5.89 Å². The largest absolute Gasteiger partial charge is 0.439 e. The first-order valence-electron chi connectivity index (χ1n) is 7.48.